The van der Waals surface area contributed by atoms with Crippen LogP contribution in [0.1, 0.15) is 22.8 Å². The van der Waals surface area contributed by atoms with Crippen molar-refractivity contribution in [2.75, 3.05) is 5.32 Å². The lowest BCUT2D eigenvalue weighted by Gasteiger charge is -2.03. The third-order valence-electron chi connectivity index (χ3n) is 2.38. The number of hydrogen-bond acceptors (Lipinski definition) is 4. The van der Waals surface area contributed by atoms with E-state index in [2.05, 4.69) is 15.3 Å². The molecule has 5 nitrogen and oxygen atoms in total. The number of aliphatic imine (C=N–C) groups is 1. The molecule has 0 unspecified atom stereocenters. The fraction of sp³-hybridized carbons (Fsp3) is 0.154. The van der Waals surface area contributed by atoms with Gasteiger partial charge in [0, 0.05) is 17.1 Å². The van der Waals surface area contributed by atoms with Crippen LogP contribution in [-0.2, 0) is 6.54 Å². The standard InChI is InChI=1S/C13H14N4OS/c1-9(14)16-8-10-2-4-11(5-3-10)12(18)17-13-15-6-7-19-13/h2-7H,8H2,1H3,(H2,14,16)(H,15,17,18). The third kappa shape index (κ3) is 3.89. The van der Waals surface area contributed by atoms with Gasteiger partial charge in [-0.2, -0.15) is 0 Å². The predicted molar refractivity (Wildman–Crippen MR) is 77.5 cm³/mol. The molecule has 2 rings (SSSR count). The highest BCUT2D eigenvalue weighted by molar-refractivity contribution is 7.13. The number of thiazole rings is 1. The predicted octanol–water partition coefficient (Wildman–Crippen LogP) is 2.27. The lowest BCUT2D eigenvalue weighted by Crippen LogP contribution is -2.11. The van der Waals surface area contributed by atoms with E-state index in [1.54, 1.807) is 25.3 Å². The summed E-state index contributed by atoms with van der Waals surface area (Å²) in [4.78, 5) is 20.0. The van der Waals surface area contributed by atoms with Gasteiger partial charge in [-0.3, -0.25) is 15.1 Å². The minimum absolute atomic E-state index is 0.167. The van der Waals surface area contributed by atoms with Crippen molar-refractivity contribution in [3.8, 4) is 0 Å². The quantitative estimate of drug-likeness (QED) is 0.663. The minimum atomic E-state index is -0.167. The first kappa shape index (κ1) is 13.2. The number of carbonyl (C=O) groups is 1. The van der Waals surface area contributed by atoms with E-state index in [4.69, 9.17) is 5.73 Å². The Morgan fingerprint density at radius 3 is 2.74 bits per heavy atom. The first-order valence-corrected chi connectivity index (χ1v) is 6.59. The van der Waals surface area contributed by atoms with Crippen LogP contribution in [0.3, 0.4) is 0 Å². The number of rotatable bonds is 4. The number of amidine groups is 1. The van der Waals surface area contributed by atoms with Crippen LogP contribution in [-0.4, -0.2) is 16.7 Å². The molecule has 0 aliphatic rings. The maximum atomic E-state index is 11.9. The molecule has 0 saturated heterocycles. The Labute approximate surface area is 115 Å². The van der Waals surface area contributed by atoms with Gasteiger partial charge in [0.15, 0.2) is 5.13 Å². The van der Waals surface area contributed by atoms with Crippen LogP contribution in [0.25, 0.3) is 0 Å². The second kappa shape index (κ2) is 6.10. The monoisotopic (exact) mass is 274 g/mol. The molecule has 1 aromatic carbocycles. The van der Waals surface area contributed by atoms with Gasteiger partial charge in [0.25, 0.3) is 5.91 Å². The zero-order chi connectivity index (χ0) is 13.7. The van der Waals surface area contributed by atoms with E-state index in [0.29, 0.717) is 23.1 Å². The molecular weight excluding hydrogens is 260 g/mol. The van der Waals surface area contributed by atoms with Crippen LogP contribution < -0.4 is 11.1 Å². The zero-order valence-corrected chi connectivity index (χ0v) is 11.3. The van der Waals surface area contributed by atoms with E-state index >= 15 is 0 Å². The largest absolute Gasteiger partial charge is 0.388 e. The highest BCUT2D eigenvalue weighted by Gasteiger charge is 2.06. The number of amides is 1. The molecule has 0 spiro atoms. The Bertz CT molecular complexity index is 571. The zero-order valence-electron chi connectivity index (χ0n) is 10.5. The molecule has 0 saturated carbocycles. The van der Waals surface area contributed by atoms with Crippen LogP contribution in [0, 0.1) is 0 Å². The average molecular weight is 274 g/mol. The molecule has 0 atom stereocenters. The van der Waals surface area contributed by atoms with Gasteiger partial charge in [-0.1, -0.05) is 12.1 Å². The van der Waals surface area contributed by atoms with Gasteiger partial charge in [-0.25, -0.2) is 4.98 Å². The second-order valence-corrected chi connectivity index (χ2v) is 4.84. The molecule has 0 fully saturated rings. The topological polar surface area (TPSA) is 80.4 Å². The Morgan fingerprint density at radius 2 is 2.16 bits per heavy atom. The summed E-state index contributed by atoms with van der Waals surface area (Å²) >= 11 is 1.39. The van der Waals surface area contributed by atoms with Crippen molar-refractivity contribution in [2.24, 2.45) is 10.7 Å². The molecule has 2 aromatic rings. The minimum Gasteiger partial charge on any atom is -0.388 e. The summed E-state index contributed by atoms with van der Waals surface area (Å²) < 4.78 is 0. The van der Waals surface area contributed by atoms with E-state index in [1.165, 1.54) is 11.3 Å². The summed E-state index contributed by atoms with van der Waals surface area (Å²) in [6.45, 7) is 2.27. The van der Waals surface area contributed by atoms with Crippen LogP contribution in [0.15, 0.2) is 40.8 Å². The number of hydrogen-bond donors (Lipinski definition) is 2. The molecule has 0 aliphatic heterocycles. The summed E-state index contributed by atoms with van der Waals surface area (Å²) in [5, 5.41) is 5.14. The third-order valence-corrected chi connectivity index (χ3v) is 3.07. The highest BCUT2D eigenvalue weighted by atomic mass is 32.1. The summed E-state index contributed by atoms with van der Waals surface area (Å²) in [5.74, 6) is 0.380. The summed E-state index contributed by atoms with van der Waals surface area (Å²) in [6.07, 6.45) is 1.65. The van der Waals surface area contributed by atoms with Crippen LogP contribution in [0.2, 0.25) is 0 Å². The Kier molecular flexibility index (Phi) is 4.25. The highest BCUT2D eigenvalue weighted by Crippen LogP contribution is 2.13. The molecule has 0 bridgehead atoms. The van der Waals surface area contributed by atoms with Gasteiger partial charge < -0.3 is 5.73 Å². The van der Waals surface area contributed by atoms with Gasteiger partial charge in [-0.05, 0) is 24.6 Å². The molecule has 1 amide bonds. The number of carbonyl (C=O) groups excluding carboxylic acids is 1. The normalized spacial score (nSPS) is 11.3. The maximum Gasteiger partial charge on any atom is 0.257 e. The number of anilines is 1. The van der Waals surface area contributed by atoms with Crippen molar-refractivity contribution in [1.82, 2.24) is 4.98 Å². The first-order valence-electron chi connectivity index (χ1n) is 5.71. The summed E-state index contributed by atoms with van der Waals surface area (Å²) in [5.41, 5.74) is 7.07. The second-order valence-electron chi connectivity index (χ2n) is 3.95. The Hall–Kier alpha value is -2.21. The smallest absolute Gasteiger partial charge is 0.257 e. The number of nitrogens with two attached hydrogens (primary N) is 1. The van der Waals surface area contributed by atoms with Crippen molar-refractivity contribution in [3.63, 3.8) is 0 Å². The van der Waals surface area contributed by atoms with Gasteiger partial charge in [0.1, 0.15) is 0 Å². The number of aromatic nitrogens is 1. The van der Waals surface area contributed by atoms with Gasteiger partial charge in [0.2, 0.25) is 0 Å². The van der Waals surface area contributed by atoms with Crippen molar-refractivity contribution in [1.29, 1.82) is 0 Å². The molecule has 1 aromatic heterocycles. The Balaban J connectivity index is 2.01. The van der Waals surface area contributed by atoms with Crippen LogP contribution in [0.5, 0.6) is 0 Å². The number of benzene rings is 1. The summed E-state index contributed by atoms with van der Waals surface area (Å²) in [7, 11) is 0. The number of nitrogens with zero attached hydrogens (tertiary/aromatic N) is 2. The number of nitrogens with one attached hydrogen (secondary N) is 1. The van der Waals surface area contributed by atoms with Crippen molar-refractivity contribution >= 4 is 28.2 Å². The van der Waals surface area contributed by atoms with E-state index in [0.717, 1.165) is 5.56 Å². The van der Waals surface area contributed by atoms with Crippen LogP contribution >= 0.6 is 11.3 Å². The molecule has 0 aliphatic carbocycles. The SMILES string of the molecule is CC(N)=NCc1ccc(C(=O)Nc2nccs2)cc1. The van der Waals surface area contributed by atoms with E-state index in [9.17, 15) is 4.79 Å². The van der Waals surface area contributed by atoms with E-state index in [-0.39, 0.29) is 5.91 Å². The molecule has 0 radical (unpaired) electrons. The molecule has 19 heavy (non-hydrogen) atoms. The molecular formula is C13H14N4OS. The molecule has 3 N–H and O–H groups in total. The van der Waals surface area contributed by atoms with Gasteiger partial charge >= 0.3 is 0 Å². The summed E-state index contributed by atoms with van der Waals surface area (Å²) in [6, 6.07) is 7.26. The first-order chi connectivity index (χ1) is 9.15. The van der Waals surface area contributed by atoms with E-state index in [1.807, 2.05) is 17.5 Å². The molecule has 6 heteroatoms. The average Bonchev–Trinajstić information content (AvgIpc) is 2.89. The lowest BCUT2D eigenvalue weighted by molar-refractivity contribution is 0.102. The van der Waals surface area contributed by atoms with Crippen molar-refractivity contribution in [2.45, 2.75) is 13.5 Å². The molecule has 1 heterocycles. The Morgan fingerprint density at radius 1 is 1.42 bits per heavy atom. The van der Waals surface area contributed by atoms with Gasteiger partial charge in [0.05, 0.1) is 12.4 Å². The van der Waals surface area contributed by atoms with E-state index < -0.39 is 0 Å². The van der Waals surface area contributed by atoms with Crippen molar-refractivity contribution in [3.05, 3.63) is 47.0 Å². The maximum absolute atomic E-state index is 11.9. The van der Waals surface area contributed by atoms with Crippen LogP contribution in [0.4, 0.5) is 5.13 Å². The fourth-order valence-electron chi connectivity index (χ4n) is 1.43. The van der Waals surface area contributed by atoms with Crippen molar-refractivity contribution < 1.29 is 4.79 Å². The fourth-order valence-corrected chi connectivity index (χ4v) is 1.96. The van der Waals surface area contributed by atoms with Gasteiger partial charge in [-0.15, -0.1) is 11.3 Å². The molecule has 98 valence electrons. The lowest BCUT2D eigenvalue weighted by atomic mass is 10.1.